The van der Waals surface area contributed by atoms with E-state index < -0.39 is 6.10 Å². The second-order valence-electron chi connectivity index (χ2n) is 22.7. The van der Waals surface area contributed by atoms with Crippen molar-refractivity contribution in [2.45, 2.75) is 322 Å². The summed E-state index contributed by atoms with van der Waals surface area (Å²) in [7, 11) is 0. The van der Waals surface area contributed by atoms with E-state index in [0.717, 1.165) is 135 Å². The highest BCUT2D eigenvalue weighted by atomic mass is 16.6. The van der Waals surface area contributed by atoms with Crippen molar-refractivity contribution in [1.29, 1.82) is 0 Å². The third kappa shape index (κ3) is 68.2. The Bertz CT molecular complexity index is 1750. The fourth-order valence-electron chi connectivity index (χ4n) is 9.49. The zero-order valence-corrected chi connectivity index (χ0v) is 54.2. The summed E-state index contributed by atoms with van der Waals surface area (Å²) in [4.78, 5) is 38.4. The molecule has 0 amide bonds. The molecule has 0 fully saturated rings. The number of carbonyl (C=O) groups excluding carboxylic acids is 3. The van der Waals surface area contributed by atoms with Crippen LogP contribution in [0.4, 0.5) is 0 Å². The topological polar surface area (TPSA) is 78.9 Å². The predicted octanol–water partition coefficient (Wildman–Crippen LogP) is 24.1. The molecule has 1 unspecified atom stereocenters. The first-order valence-electron chi connectivity index (χ1n) is 34.7. The van der Waals surface area contributed by atoms with E-state index in [9.17, 15) is 14.4 Å². The lowest BCUT2D eigenvalue weighted by Gasteiger charge is -2.18. The van der Waals surface area contributed by atoms with Gasteiger partial charge in [0.25, 0.3) is 0 Å². The van der Waals surface area contributed by atoms with Gasteiger partial charge in [0.15, 0.2) is 6.10 Å². The molecule has 472 valence electrons. The summed E-state index contributed by atoms with van der Waals surface area (Å²) in [5.74, 6) is -0.958. The molecule has 0 aromatic heterocycles. The quantitative estimate of drug-likeness (QED) is 0.0261. The van der Waals surface area contributed by atoms with Crippen LogP contribution in [-0.2, 0) is 28.6 Å². The molecule has 1 atom stereocenters. The van der Waals surface area contributed by atoms with E-state index >= 15 is 0 Å². The summed E-state index contributed by atoms with van der Waals surface area (Å²) < 4.78 is 16.9. The SMILES string of the molecule is CC/C=C\C/C=C\C/C=C\C/C=C\C/C=C\C/C=C\CCCCC(=O)OC(COC(=O)CCCCCCC/C=C\C/C=C\C/C=C\CC)COC(=O)CCCCCCCCCCCCCCCCCCC/C=C\C/C=C\CCCCCCC. The first kappa shape index (κ1) is 78.5. The van der Waals surface area contributed by atoms with Crippen LogP contribution < -0.4 is 0 Å². The molecule has 0 saturated heterocycles. The molecule has 0 spiro atoms. The van der Waals surface area contributed by atoms with Gasteiger partial charge in [0.1, 0.15) is 13.2 Å². The molecule has 0 saturated carbocycles. The maximum atomic E-state index is 12.9. The van der Waals surface area contributed by atoms with E-state index in [1.54, 1.807) is 0 Å². The largest absolute Gasteiger partial charge is 0.462 e. The fourth-order valence-corrected chi connectivity index (χ4v) is 9.49. The normalized spacial score (nSPS) is 13.0. The number of unbranched alkanes of at least 4 members (excludes halogenated alkanes) is 29. The number of carbonyl (C=O) groups is 3. The summed E-state index contributed by atoms with van der Waals surface area (Å²) in [5, 5.41) is 0. The predicted molar refractivity (Wildman–Crippen MR) is 362 cm³/mol. The highest BCUT2D eigenvalue weighted by Gasteiger charge is 2.19. The van der Waals surface area contributed by atoms with Crippen LogP contribution in [0, 0.1) is 0 Å². The van der Waals surface area contributed by atoms with Crippen LogP contribution in [0.5, 0.6) is 0 Å². The van der Waals surface area contributed by atoms with Crippen molar-refractivity contribution >= 4 is 17.9 Å². The average molecular weight is 1150 g/mol. The van der Waals surface area contributed by atoms with Gasteiger partial charge in [0.05, 0.1) is 0 Å². The van der Waals surface area contributed by atoms with E-state index in [1.165, 1.54) is 135 Å². The van der Waals surface area contributed by atoms with Crippen LogP contribution in [0.3, 0.4) is 0 Å². The lowest BCUT2D eigenvalue weighted by Crippen LogP contribution is -2.30. The van der Waals surface area contributed by atoms with Crippen LogP contribution in [0.1, 0.15) is 316 Å². The molecule has 0 bridgehead atoms. The summed E-state index contributed by atoms with van der Waals surface area (Å²) in [6.45, 7) is 6.38. The summed E-state index contributed by atoms with van der Waals surface area (Å²) in [6, 6.07) is 0. The van der Waals surface area contributed by atoms with E-state index in [0.29, 0.717) is 19.3 Å². The molecular formula is C77H128O6. The monoisotopic (exact) mass is 1150 g/mol. The van der Waals surface area contributed by atoms with Gasteiger partial charge in [0.2, 0.25) is 0 Å². The van der Waals surface area contributed by atoms with Crippen LogP contribution in [0.2, 0.25) is 0 Å². The molecule has 0 aliphatic rings. The lowest BCUT2D eigenvalue weighted by atomic mass is 10.0. The highest BCUT2D eigenvalue weighted by molar-refractivity contribution is 5.71. The molecule has 0 rings (SSSR count). The molecule has 83 heavy (non-hydrogen) atoms. The molecule has 0 aliphatic heterocycles. The Morgan fingerprint density at radius 2 is 0.470 bits per heavy atom. The second-order valence-corrected chi connectivity index (χ2v) is 22.7. The van der Waals surface area contributed by atoms with Crippen LogP contribution >= 0.6 is 0 Å². The Labute approximate surface area is 513 Å². The number of hydrogen-bond acceptors (Lipinski definition) is 6. The second kappa shape index (κ2) is 70.0. The molecule has 6 heteroatoms. The van der Waals surface area contributed by atoms with Gasteiger partial charge in [-0.3, -0.25) is 14.4 Å². The Morgan fingerprint density at radius 1 is 0.253 bits per heavy atom. The van der Waals surface area contributed by atoms with Gasteiger partial charge in [-0.25, -0.2) is 0 Å². The Balaban J connectivity index is 4.36. The van der Waals surface area contributed by atoms with Gasteiger partial charge in [-0.05, 0) is 135 Å². The molecule has 0 aliphatic carbocycles. The number of allylic oxidation sites excluding steroid dienone is 22. The van der Waals surface area contributed by atoms with Crippen molar-refractivity contribution in [3.8, 4) is 0 Å². The molecule has 0 aromatic carbocycles. The maximum Gasteiger partial charge on any atom is 0.306 e. The molecule has 0 aromatic rings. The molecular weight excluding hydrogens is 1020 g/mol. The van der Waals surface area contributed by atoms with E-state index in [2.05, 4.69) is 154 Å². The first-order chi connectivity index (χ1) is 41.0. The van der Waals surface area contributed by atoms with Crippen LogP contribution in [0.25, 0.3) is 0 Å². The van der Waals surface area contributed by atoms with Crippen molar-refractivity contribution in [2.75, 3.05) is 13.2 Å². The number of ether oxygens (including phenoxy) is 3. The third-order valence-corrected chi connectivity index (χ3v) is 14.6. The van der Waals surface area contributed by atoms with Crippen molar-refractivity contribution in [1.82, 2.24) is 0 Å². The van der Waals surface area contributed by atoms with Crippen molar-refractivity contribution in [3.63, 3.8) is 0 Å². The van der Waals surface area contributed by atoms with E-state index in [4.69, 9.17) is 14.2 Å². The number of esters is 3. The Hall–Kier alpha value is -4.45. The fraction of sp³-hybridized carbons (Fsp3) is 0.675. The molecule has 0 radical (unpaired) electrons. The summed E-state index contributed by atoms with van der Waals surface area (Å²) in [5.41, 5.74) is 0. The average Bonchev–Trinajstić information content (AvgIpc) is 3.49. The minimum atomic E-state index is -0.814. The van der Waals surface area contributed by atoms with E-state index in [-0.39, 0.29) is 37.5 Å². The molecule has 6 nitrogen and oxygen atoms in total. The minimum Gasteiger partial charge on any atom is -0.462 e. The smallest absolute Gasteiger partial charge is 0.306 e. The number of hydrogen-bond donors (Lipinski definition) is 0. The van der Waals surface area contributed by atoms with Gasteiger partial charge in [-0.15, -0.1) is 0 Å². The lowest BCUT2D eigenvalue weighted by molar-refractivity contribution is -0.167. The van der Waals surface area contributed by atoms with Gasteiger partial charge < -0.3 is 14.2 Å². The zero-order chi connectivity index (χ0) is 59.9. The van der Waals surface area contributed by atoms with Gasteiger partial charge in [0, 0.05) is 19.3 Å². The summed E-state index contributed by atoms with van der Waals surface area (Å²) >= 11 is 0. The minimum absolute atomic E-state index is 0.103. The molecule has 0 heterocycles. The highest BCUT2D eigenvalue weighted by Crippen LogP contribution is 2.16. The van der Waals surface area contributed by atoms with E-state index in [1.807, 2.05) is 0 Å². The van der Waals surface area contributed by atoms with Crippen molar-refractivity contribution in [2.24, 2.45) is 0 Å². The zero-order valence-electron chi connectivity index (χ0n) is 54.2. The number of rotatable bonds is 62. The van der Waals surface area contributed by atoms with Crippen molar-refractivity contribution in [3.05, 3.63) is 134 Å². The third-order valence-electron chi connectivity index (χ3n) is 14.6. The van der Waals surface area contributed by atoms with Crippen LogP contribution in [-0.4, -0.2) is 37.2 Å². The van der Waals surface area contributed by atoms with Gasteiger partial charge in [-0.1, -0.05) is 296 Å². The molecule has 0 N–H and O–H groups in total. The Kier molecular flexibility index (Phi) is 66.3. The first-order valence-corrected chi connectivity index (χ1v) is 34.7. The van der Waals surface area contributed by atoms with Crippen molar-refractivity contribution < 1.29 is 28.6 Å². The Morgan fingerprint density at radius 3 is 0.759 bits per heavy atom. The maximum absolute atomic E-state index is 12.9. The summed E-state index contributed by atoms with van der Waals surface area (Å²) in [6.07, 6.45) is 99.1. The standard InChI is InChI=1S/C77H128O6/c1-4-7-10-13-16-19-22-25-28-30-32-34-35-36-37-38-39-40-41-43-44-46-49-52-55-58-61-64-67-70-76(79)82-73-74(72-81-75(78)69-66-63-60-57-54-51-48-27-24-21-18-15-12-9-6-3)83-77(80)71-68-65-62-59-56-53-50-47-45-42-33-31-29-26-23-20-17-14-11-8-5-2/h8-9,11-12,17-18,20-22,25-27,29-30,32-33,42,47-48,50,56,59,74H,4-7,10,13-16,19,23-24,28,31,34-41,43-46,49,51-55,57-58,60-73H2,1-3H3/b11-8-,12-9-,20-17-,21-18-,25-22-,29-26-,32-30-,42-33-,48-27-,50-47-,59-56-. The van der Waals surface area contributed by atoms with Gasteiger partial charge >= 0.3 is 17.9 Å². The van der Waals surface area contributed by atoms with Gasteiger partial charge in [-0.2, -0.15) is 0 Å². The van der Waals surface area contributed by atoms with Crippen LogP contribution in [0.15, 0.2) is 134 Å².